The molecule has 20 heavy (non-hydrogen) atoms. The van der Waals surface area contributed by atoms with Crippen LogP contribution in [0.1, 0.15) is 5.56 Å². The van der Waals surface area contributed by atoms with E-state index in [0.717, 1.165) is 0 Å². The lowest BCUT2D eigenvalue weighted by Gasteiger charge is -2.16. The number of alkyl halides is 3. The highest BCUT2D eigenvalue weighted by Crippen LogP contribution is 2.23. The first kappa shape index (κ1) is 16.7. The first-order valence-electron chi connectivity index (χ1n) is 5.59. The second kappa shape index (κ2) is 6.42. The topological polar surface area (TPSA) is 72.6 Å². The van der Waals surface area contributed by atoms with Gasteiger partial charge in [0.15, 0.2) is 0 Å². The van der Waals surface area contributed by atoms with Crippen LogP contribution in [0.3, 0.4) is 0 Å². The average molecular weight is 312 g/mol. The normalized spacial score (nSPS) is 12.7. The number of ether oxygens (including phenoxy) is 1. The molecular formula is C11H15F3N2O3S. The lowest BCUT2D eigenvalue weighted by Crippen LogP contribution is -2.28. The van der Waals surface area contributed by atoms with Gasteiger partial charge in [0, 0.05) is 13.1 Å². The van der Waals surface area contributed by atoms with Gasteiger partial charge in [0.1, 0.15) is 5.75 Å². The van der Waals surface area contributed by atoms with E-state index in [9.17, 15) is 21.6 Å². The Kier molecular flexibility index (Phi) is 5.37. The van der Waals surface area contributed by atoms with E-state index in [0.29, 0.717) is 5.56 Å². The van der Waals surface area contributed by atoms with Crippen molar-refractivity contribution in [1.29, 1.82) is 0 Å². The summed E-state index contributed by atoms with van der Waals surface area (Å²) in [6.07, 6.45) is -4.74. The molecule has 0 radical (unpaired) electrons. The fraction of sp³-hybridized carbons (Fsp3) is 0.455. The maximum absolute atomic E-state index is 12.1. The lowest BCUT2D eigenvalue weighted by atomic mass is 10.2. The molecule has 114 valence electrons. The third kappa shape index (κ3) is 7.31. The number of nitrogens with two attached hydrogens (primary N) is 1. The number of halogens is 3. The smallest absolute Gasteiger partial charge is 0.406 e. The Bertz CT molecular complexity index is 546. The van der Waals surface area contributed by atoms with Gasteiger partial charge in [-0.1, -0.05) is 12.1 Å². The van der Waals surface area contributed by atoms with E-state index < -0.39 is 16.4 Å². The fourth-order valence-corrected chi connectivity index (χ4v) is 2.08. The molecule has 0 amide bonds. The summed E-state index contributed by atoms with van der Waals surface area (Å²) < 4.78 is 61.6. The minimum atomic E-state index is -4.74. The summed E-state index contributed by atoms with van der Waals surface area (Å²) in [6, 6.07) is 5.50. The zero-order valence-electron chi connectivity index (χ0n) is 10.7. The largest absolute Gasteiger partial charge is 0.573 e. The van der Waals surface area contributed by atoms with Crippen molar-refractivity contribution in [2.24, 2.45) is 5.14 Å². The molecule has 0 aliphatic carbocycles. The van der Waals surface area contributed by atoms with Gasteiger partial charge in [0.05, 0.1) is 5.75 Å². The van der Waals surface area contributed by atoms with E-state index in [1.54, 1.807) is 18.0 Å². The Balaban J connectivity index is 2.62. The van der Waals surface area contributed by atoms with Crippen molar-refractivity contribution in [1.82, 2.24) is 4.90 Å². The molecule has 0 saturated carbocycles. The van der Waals surface area contributed by atoms with Crippen LogP contribution >= 0.6 is 0 Å². The summed E-state index contributed by atoms with van der Waals surface area (Å²) in [7, 11) is -1.92. The summed E-state index contributed by atoms with van der Waals surface area (Å²) in [5.41, 5.74) is 0.573. The summed E-state index contributed by atoms with van der Waals surface area (Å²) in [6.45, 7) is 0.466. The van der Waals surface area contributed by atoms with Gasteiger partial charge < -0.3 is 9.64 Å². The molecule has 0 aliphatic rings. The van der Waals surface area contributed by atoms with Crippen molar-refractivity contribution in [2.75, 3.05) is 19.3 Å². The zero-order chi connectivity index (χ0) is 15.4. The molecule has 1 rings (SSSR count). The molecule has 0 aliphatic heterocycles. The van der Waals surface area contributed by atoms with E-state index in [-0.39, 0.29) is 24.6 Å². The molecule has 0 unspecified atom stereocenters. The molecule has 0 fully saturated rings. The molecule has 0 heterocycles. The maximum Gasteiger partial charge on any atom is 0.573 e. The Morgan fingerprint density at radius 1 is 1.35 bits per heavy atom. The summed E-state index contributed by atoms with van der Waals surface area (Å²) in [5, 5.41) is 4.87. The van der Waals surface area contributed by atoms with Gasteiger partial charge in [-0.15, -0.1) is 13.2 Å². The predicted octanol–water partition coefficient (Wildman–Crippen LogP) is 1.31. The van der Waals surface area contributed by atoms with Gasteiger partial charge in [0.25, 0.3) is 0 Å². The molecular weight excluding hydrogens is 297 g/mol. The van der Waals surface area contributed by atoms with Crippen molar-refractivity contribution in [3.63, 3.8) is 0 Å². The minimum absolute atomic E-state index is 0.184. The lowest BCUT2D eigenvalue weighted by molar-refractivity contribution is -0.274. The maximum atomic E-state index is 12.1. The van der Waals surface area contributed by atoms with Crippen LogP contribution in [0.4, 0.5) is 13.2 Å². The third-order valence-electron chi connectivity index (χ3n) is 2.34. The van der Waals surface area contributed by atoms with Crippen molar-refractivity contribution in [3.05, 3.63) is 29.8 Å². The van der Waals surface area contributed by atoms with Crippen LogP contribution in [0.25, 0.3) is 0 Å². The molecule has 0 spiro atoms. The molecule has 2 N–H and O–H groups in total. The first-order valence-corrected chi connectivity index (χ1v) is 7.30. The molecule has 0 atom stereocenters. The standard InChI is InChI=1S/C11H15F3N2O3S/c1-16(5-6-20(15,17)18)8-9-3-2-4-10(7-9)19-11(12,13)14/h2-4,7H,5-6,8H2,1H3,(H2,15,17,18). The summed E-state index contributed by atoms with van der Waals surface area (Å²) in [5.74, 6) is -0.530. The van der Waals surface area contributed by atoms with Crippen LogP contribution in [0, 0.1) is 0 Å². The number of hydrogen-bond acceptors (Lipinski definition) is 4. The van der Waals surface area contributed by atoms with Crippen molar-refractivity contribution in [3.8, 4) is 5.75 Å². The highest BCUT2D eigenvalue weighted by molar-refractivity contribution is 7.89. The first-order chi connectivity index (χ1) is 9.05. The van der Waals surface area contributed by atoms with Crippen molar-refractivity contribution < 1.29 is 26.3 Å². The van der Waals surface area contributed by atoms with Gasteiger partial charge in [0.2, 0.25) is 10.0 Å². The Labute approximate surface area is 115 Å². The number of sulfonamides is 1. The SMILES string of the molecule is CN(CCS(N)(=O)=O)Cc1cccc(OC(F)(F)F)c1. The minimum Gasteiger partial charge on any atom is -0.406 e. The van der Waals surface area contributed by atoms with E-state index in [1.807, 2.05) is 0 Å². The molecule has 0 saturated heterocycles. The van der Waals surface area contributed by atoms with E-state index in [2.05, 4.69) is 4.74 Å². The monoisotopic (exact) mass is 312 g/mol. The van der Waals surface area contributed by atoms with E-state index >= 15 is 0 Å². The molecule has 0 aromatic heterocycles. The van der Waals surface area contributed by atoms with Crippen molar-refractivity contribution in [2.45, 2.75) is 12.9 Å². The number of nitrogens with zero attached hydrogens (tertiary/aromatic N) is 1. The second-order valence-corrected chi connectivity index (χ2v) is 6.03. The van der Waals surface area contributed by atoms with Gasteiger partial charge in [-0.2, -0.15) is 0 Å². The molecule has 9 heteroatoms. The fourth-order valence-electron chi connectivity index (χ4n) is 1.51. The van der Waals surface area contributed by atoms with Crippen LogP contribution in [0.2, 0.25) is 0 Å². The highest BCUT2D eigenvalue weighted by atomic mass is 32.2. The van der Waals surface area contributed by atoms with E-state index in [1.165, 1.54) is 18.2 Å². The van der Waals surface area contributed by atoms with Crippen LogP contribution < -0.4 is 9.88 Å². The van der Waals surface area contributed by atoms with Crippen LogP contribution in [0.5, 0.6) is 5.75 Å². The highest BCUT2D eigenvalue weighted by Gasteiger charge is 2.31. The van der Waals surface area contributed by atoms with Gasteiger partial charge in [-0.25, -0.2) is 13.6 Å². The van der Waals surface area contributed by atoms with Crippen molar-refractivity contribution >= 4 is 10.0 Å². The average Bonchev–Trinajstić information content (AvgIpc) is 2.23. The van der Waals surface area contributed by atoms with Gasteiger partial charge in [-0.05, 0) is 24.7 Å². The zero-order valence-corrected chi connectivity index (χ0v) is 11.5. The van der Waals surface area contributed by atoms with Gasteiger partial charge >= 0.3 is 6.36 Å². The predicted molar refractivity (Wildman–Crippen MR) is 67.4 cm³/mol. The number of primary sulfonamides is 1. The molecule has 1 aromatic rings. The van der Waals surface area contributed by atoms with Gasteiger partial charge in [-0.3, -0.25) is 0 Å². The summed E-state index contributed by atoms with van der Waals surface area (Å²) >= 11 is 0. The molecule has 0 bridgehead atoms. The third-order valence-corrected chi connectivity index (χ3v) is 3.09. The summed E-state index contributed by atoms with van der Waals surface area (Å²) in [4.78, 5) is 1.64. The Morgan fingerprint density at radius 3 is 2.55 bits per heavy atom. The van der Waals surface area contributed by atoms with Crippen LogP contribution in [0.15, 0.2) is 24.3 Å². The Hall–Kier alpha value is -1.32. The quantitative estimate of drug-likeness (QED) is 0.859. The van der Waals surface area contributed by atoms with Crippen LogP contribution in [-0.4, -0.2) is 39.0 Å². The van der Waals surface area contributed by atoms with Crippen LogP contribution in [-0.2, 0) is 16.6 Å². The molecule has 5 nitrogen and oxygen atoms in total. The van der Waals surface area contributed by atoms with E-state index in [4.69, 9.17) is 5.14 Å². The number of rotatable bonds is 6. The second-order valence-electron chi connectivity index (χ2n) is 4.30. The number of hydrogen-bond donors (Lipinski definition) is 1. The Morgan fingerprint density at radius 2 is 2.00 bits per heavy atom. The molecule has 1 aromatic carbocycles. The number of benzene rings is 1.